The summed E-state index contributed by atoms with van der Waals surface area (Å²) in [7, 11) is -3.79. The molecule has 1 aromatic heterocycles. The van der Waals surface area contributed by atoms with E-state index in [-0.39, 0.29) is 28.1 Å². The summed E-state index contributed by atoms with van der Waals surface area (Å²) >= 11 is 0. The smallest absolute Gasteiger partial charge is 0.281 e. The van der Waals surface area contributed by atoms with E-state index in [1.165, 1.54) is 48.5 Å². The number of carbonyl (C=O) groups excluding carboxylic acids is 1. The maximum absolute atomic E-state index is 12.4. The van der Waals surface area contributed by atoms with Crippen LogP contribution in [0, 0.1) is 0 Å². The first-order chi connectivity index (χ1) is 12.2. The summed E-state index contributed by atoms with van der Waals surface area (Å²) in [5.41, 5.74) is 6.47. The second-order valence-corrected chi connectivity index (χ2v) is 6.81. The predicted molar refractivity (Wildman–Crippen MR) is 93.4 cm³/mol. The van der Waals surface area contributed by atoms with E-state index in [9.17, 15) is 18.3 Å². The van der Waals surface area contributed by atoms with Crippen molar-refractivity contribution in [2.45, 2.75) is 4.90 Å². The quantitative estimate of drug-likeness (QED) is 0.516. The summed E-state index contributed by atoms with van der Waals surface area (Å²) < 4.78 is 23.4. The highest BCUT2D eigenvalue weighted by molar-refractivity contribution is 7.89. The largest absolute Gasteiger partial charge is 0.508 e. The first-order valence-electron chi connectivity index (χ1n) is 7.20. The molecule has 0 radical (unpaired) electrons. The number of rotatable bonds is 4. The van der Waals surface area contributed by atoms with Crippen LogP contribution in [-0.2, 0) is 10.0 Å². The third-order valence-corrected chi connectivity index (χ3v) is 4.31. The molecule has 6 N–H and O–H groups in total. The minimum absolute atomic E-state index is 0.0263. The number of nitrogens with one attached hydrogen (secondary N) is 1. The normalized spacial score (nSPS) is 11.3. The van der Waals surface area contributed by atoms with Gasteiger partial charge >= 0.3 is 0 Å². The molecule has 0 amide bonds. The molecule has 0 unspecified atom stereocenters. The maximum Gasteiger partial charge on any atom is 0.281 e. The molecule has 3 aromatic rings. The zero-order chi connectivity index (χ0) is 18.9. The number of nitrogen functional groups attached to an aromatic ring is 1. The highest BCUT2D eigenvalue weighted by atomic mass is 32.2. The SMILES string of the molecule is Nc1nc(Nc2ccc(S(N)(=O)=O)cc2)nn1C(=O)c1ccc(O)cc1. The summed E-state index contributed by atoms with van der Waals surface area (Å²) in [5.74, 6) is -0.573. The molecule has 0 bridgehead atoms. The van der Waals surface area contributed by atoms with Crippen LogP contribution in [-0.4, -0.2) is 34.2 Å². The molecule has 0 aliphatic carbocycles. The van der Waals surface area contributed by atoms with Gasteiger partial charge in [-0.05, 0) is 48.5 Å². The summed E-state index contributed by atoms with van der Waals surface area (Å²) in [5, 5.41) is 21.1. The fourth-order valence-electron chi connectivity index (χ4n) is 2.11. The first kappa shape index (κ1) is 17.4. The second-order valence-electron chi connectivity index (χ2n) is 5.25. The van der Waals surface area contributed by atoms with Crippen LogP contribution < -0.4 is 16.2 Å². The van der Waals surface area contributed by atoms with Gasteiger partial charge in [-0.25, -0.2) is 13.6 Å². The minimum Gasteiger partial charge on any atom is -0.508 e. The van der Waals surface area contributed by atoms with Gasteiger partial charge in [-0.15, -0.1) is 5.10 Å². The zero-order valence-corrected chi connectivity index (χ0v) is 14.0. The lowest BCUT2D eigenvalue weighted by Gasteiger charge is -2.03. The van der Waals surface area contributed by atoms with Crippen molar-refractivity contribution in [1.29, 1.82) is 0 Å². The van der Waals surface area contributed by atoms with Crippen LogP contribution in [0.2, 0.25) is 0 Å². The molecule has 11 heteroatoms. The summed E-state index contributed by atoms with van der Waals surface area (Å²) in [6.07, 6.45) is 0. The van der Waals surface area contributed by atoms with Crippen LogP contribution in [0.25, 0.3) is 0 Å². The van der Waals surface area contributed by atoms with E-state index in [1.54, 1.807) is 0 Å². The van der Waals surface area contributed by atoms with Gasteiger partial charge in [0, 0.05) is 11.3 Å². The lowest BCUT2D eigenvalue weighted by atomic mass is 10.2. The monoisotopic (exact) mass is 374 g/mol. The number of hydrogen-bond donors (Lipinski definition) is 4. The van der Waals surface area contributed by atoms with E-state index in [2.05, 4.69) is 15.4 Å². The number of sulfonamides is 1. The molecule has 0 fully saturated rings. The van der Waals surface area contributed by atoms with Crippen molar-refractivity contribution < 1.29 is 18.3 Å². The molecule has 26 heavy (non-hydrogen) atoms. The number of benzene rings is 2. The Labute approximate surface area is 148 Å². The lowest BCUT2D eigenvalue weighted by Crippen LogP contribution is -2.16. The molecular formula is C15H14N6O4S. The fraction of sp³-hybridized carbons (Fsp3) is 0. The summed E-state index contributed by atoms with van der Waals surface area (Å²) in [6, 6.07) is 11.2. The molecule has 0 spiro atoms. The number of nitrogens with two attached hydrogens (primary N) is 2. The molecule has 3 rings (SSSR count). The van der Waals surface area contributed by atoms with Crippen LogP contribution in [0.15, 0.2) is 53.4 Å². The summed E-state index contributed by atoms with van der Waals surface area (Å²) in [4.78, 5) is 16.3. The topological polar surface area (TPSA) is 166 Å². The van der Waals surface area contributed by atoms with Crippen molar-refractivity contribution in [2.24, 2.45) is 5.14 Å². The fourth-order valence-corrected chi connectivity index (χ4v) is 2.63. The van der Waals surface area contributed by atoms with Gasteiger partial charge in [0.15, 0.2) is 0 Å². The van der Waals surface area contributed by atoms with E-state index in [4.69, 9.17) is 10.9 Å². The number of phenols is 1. The van der Waals surface area contributed by atoms with E-state index in [0.717, 1.165) is 4.68 Å². The van der Waals surface area contributed by atoms with Gasteiger partial charge in [0.2, 0.25) is 21.9 Å². The molecule has 10 nitrogen and oxygen atoms in total. The van der Waals surface area contributed by atoms with E-state index in [1.807, 2.05) is 0 Å². The molecule has 2 aromatic carbocycles. The minimum atomic E-state index is -3.79. The zero-order valence-electron chi connectivity index (χ0n) is 13.2. The van der Waals surface area contributed by atoms with Crippen molar-refractivity contribution in [3.8, 4) is 5.75 Å². The van der Waals surface area contributed by atoms with Gasteiger partial charge in [0.25, 0.3) is 5.91 Å². The number of primary sulfonamides is 1. The van der Waals surface area contributed by atoms with Crippen molar-refractivity contribution >= 4 is 33.5 Å². The Balaban J connectivity index is 1.82. The number of anilines is 3. The highest BCUT2D eigenvalue weighted by Crippen LogP contribution is 2.18. The molecule has 0 aliphatic rings. The number of phenolic OH excluding ortho intramolecular Hbond substituents is 1. The average Bonchev–Trinajstić information content (AvgIpc) is 2.95. The third-order valence-electron chi connectivity index (χ3n) is 3.38. The maximum atomic E-state index is 12.4. The number of aromatic nitrogens is 3. The van der Waals surface area contributed by atoms with Crippen molar-refractivity contribution in [3.63, 3.8) is 0 Å². The summed E-state index contributed by atoms with van der Waals surface area (Å²) in [6.45, 7) is 0. The Hall–Kier alpha value is -3.44. The van der Waals surface area contributed by atoms with Gasteiger partial charge in [-0.3, -0.25) is 4.79 Å². The Morgan fingerprint density at radius 2 is 1.69 bits per heavy atom. The van der Waals surface area contributed by atoms with Crippen molar-refractivity contribution in [2.75, 3.05) is 11.1 Å². The number of hydrogen-bond acceptors (Lipinski definition) is 8. The van der Waals surface area contributed by atoms with Crippen molar-refractivity contribution in [3.05, 3.63) is 54.1 Å². The molecule has 0 saturated heterocycles. The molecular weight excluding hydrogens is 360 g/mol. The van der Waals surface area contributed by atoms with Crippen LogP contribution in [0.3, 0.4) is 0 Å². The van der Waals surface area contributed by atoms with E-state index < -0.39 is 15.9 Å². The lowest BCUT2D eigenvalue weighted by molar-refractivity contribution is 0.0948. The first-order valence-corrected chi connectivity index (χ1v) is 8.75. The van der Waals surface area contributed by atoms with Crippen LogP contribution in [0.1, 0.15) is 10.4 Å². The standard InChI is InChI=1S/C15H14N6O4S/c16-14-19-15(18-10-3-7-12(8-4-10)26(17,24)25)20-21(14)13(23)9-1-5-11(22)6-2-9/h1-8,22H,(H2,17,24,25)(H3,16,18,19,20). The van der Waals surface area contributed by atoms with Gasteiger partial charge in [-0.1, -0.05) is 0 Å². The van der Waals surface area contributed by atoms with E-state index in [0.29, 0.717) is 5.69 Å². The van der Waals surface area contributed by atoms with Gasteiger partial charge in [-0.2, -0.15) is 9.67 Å². The molecule has 1 heterocycles. The Kier molecular flexibility index (Phi) is 4.32. The van der Waals surface area contributed by atoms with Gasteiger partial charge in [0.1, 0.15) is 5.75 Å². The van der Waals surface area contributed by atoms with E-state index >= 15 is 0 Å². The molecule has 134 valence electrons. The number of aromatic hydroxyl groups is 1. The van der Waals surface area contributed by atoms with Crippen LogP contribution in [0.5, 0.6) is 5.75 Å². The molecule has 0 atom stereocenters. The van der Waals surface area contributed by atoms with Crippen LogP contribution in [0.4, 0.5) is 17.6 Å². The van der Waals surface area contributed by atoms with Crippen molar-refractivity contribution in [1.82, 2.24) is 14.8 Å². The third kappa shape index (κ3) is 3.63. The second kappa shape index (κ2) is 6.46. The number of nitrogens with zero attached hydrogens (tertiary/aromatic N) is 3. The molecule has 0 saturated carbocycles. The Morgan fingerprint density at radius 1 is 1.08 bits per heavy atom. The van der Waals surface area contributed by atoms with Crippen LogP contribution >= 0.6 is 0 Å². The predicted octanol–water partition coefficient (Wildman–Crippen LogP) is 0.645. The van der Waals surface area contributed by atoms with Gasteiger partial charge < -0.3 is 16.2 Å². The number of carbonyl (C=O) groups is 1. The Bertz CT molecular complexity index is 1060. The Morgan fingerprint density at radius 3 is 2.27 bits per heavy atom. The highest BCUT2D eigenvalue weighted by Gasteiger charge is 2.16. The average molecular weight is 374 g/mol. The molecule has 0 aliphatic heterocycles. The van der Waals surface area contributed by atoms with Gasteiger partial charge in [0.05, 0.1) is 4.90 Å².